The van der Waals surface area contributed by atoms with E-state index in [4.69, 9.17) is 18.9 Å². The molecule has 0 aliphatic carbocycles. The van der Waals surface area contributed by atoms with Crippen LogP contribution in [0.2, 0.25) is 0 Å². The van der Waals surface area contributed by atoms with Crippen LogP contribution < -0.4 is 0 Å². The van der Waals surface area contributed by atoms with E-state index in [1.165, 1.54) is 72.5 Å². The fourth-order valence-electron chi connectivity index (χ4n) is 10.1. The lowest BCUT2D eigenvalue weighted by Gasteiger charge is -2.35. The van der Waals surface area contributed by atoms with E-state index in [2.05, 4.69) is 10.2 Å². The minimum Gasteiger partial charge on any atom is -0.451 e. The monoisotopic (exact) mass is 1240 g/mol. The number of hydrogen-bond donors (Lipinski definition) is 0. The molecule has 484 valence electrons. The number of cyclic esters (lactones) is 4. The minimum atomic E-state index is -4.68. The SMILES string of the molecule is CC(C)C[C@H]1C(=O)O[C@H](Cc2ccc(Cn3nccc3C(F)(F)F)cc2)C(=O)N(C)[C@@H](CC(C)C)C(=O)O[C@H](C)C(=O)N(C)[C@@H](CC(C)C)C(=O)O[C@H](Cc2ccc(Cn3ccc(C(F)(F)F)n3)cc2)C(=O)N(C)[C@@H](CC(C)C)C(=O)O[C@H](C)C(=O)N1C. The Hall–Kier alpha value is -7.80. The molecule has 0 bridgehead atoms. The van der Waals surface area contributed by atoms with Crippen molar-refractivity contribution in [2.75, 3.05) is 28.2 Å². The highest BCUT2D eigenvalue weighted by atomic mass is 19.4. The normalized spacial score (nSPS) is 22.6. The fourth-order valence-corrected chi connectivity index (χ4v) is 10.1. The number of likely N-dealkylation sites (N-methyl/N-ethyl adjacent to an activating group) is 4. The molecule has 5 rings (SSSR count). The van der Waals surface area contributed by atoms with Crippen molar-refractivity contribution in [3.63, 3.8) is 0 Å². The molecule has 2 aromatic carbocycles. The topological polar surface area (TPSA) is 222 Å². The molecule has 1 saturated heterocycles. The average Bonchev–Trinajstić information content (AvgIpc) is 4.13. The molecule has 4 amide bonds. The Morgan fingerprint density at radius 2 is 0.773 bits per heavy atom. The van der Waals surface area contributed by atoms with Gasteiger partial charge in [-0.2, -0.15) is 36.5 Å². The van der Waals surface area contributed by atoms with Gasteiger partial charge in [-0.15, -0.1) is 0 Å². The summed E-state index contributed by atoms with van der Waals surface area (Å²) < 4.78 is 107. The molecule has 8 atom stereocenters. The number of nitrogens with zero attached hydrogens (tertiary/aromatic N) is 8. The van der Waals surface area contributed by atoms with Crippen LogP contribution in [0, 0.1) is 23.7 Å². The van der Waals surface area contributed by atoms with Crippen molar-refractivity contribution < 1.29 is 83.6 Å². The van der Waals surface area contributed by atoms with Crippen molar-refractivity contribution in [1.29, 1.82) is 0 Å². The third-order valence-corrected chi connectivity index (χ3v) is 15.0. The number of amides is 4. The Labute approximate surface area is 509 Å². The summed E-state index contributed by atoms with van der Waals surface area (Å²) in [6, 6.07) is 8.39. The number of aromatic nitrogens is 4. The number of carbonyl (C=O) groups is 8. The molecule has 1 aliphatic rings. The van der Waals surface area contributed by atoms with Crippen molar-refractivity contribution in [1.82, 2.24) is 39.2 Å². The van der Waals surface area contributed by atoms with E-state index >= 15 is 0 Å². The van der Waals surface area contributed by atoms with Gasteiger partial charge in [0.15, 0.2) is 30.1 Å². The molecule has 26 heteroatoms. The molecule has 0 saturated carbocycles. The highest BCUT2D eigenvalue weighted by Gasteiger charge is 2.44. The Morgan fingerprint density at radius 3 is 1.10 bits per heavy atom. The van der Waals surface area contributed by atoms with E-state index in [1.807, 2.05) is 0 Å². The first-order valence-electron chi connectivity index (χ1n) is 29.2. The number of halogens is 6. The molecule has 2 aromatic heterocycles. The smallest absolute Gasteiger partial charge is 0.435 e. The lowest BCUT2D eigenvalue weighted by atomic mass is 9.99. The Morgan fingerprint density at radius 1 is 0.443 bits per heavy atom. The second kappa shape index (κ2) is 30.4. The standard InChI is InChI=1S/C62H82F6N8O12/c1-35(2)27-45-57(81)85-40(10)54(78)72(12)48(30-38(7)8)60(84)88-50(32-42-17-21-44(22-18-42)34-76-52(23-25-69-76)62(66,67)68)56(80)74(14)46(28-36(3)4)58(82)86-39(9)53(77)71(11)47(29-37(5)6)59(83)87-49(55(79)73(45)13)31-41-15-19-43(20-16-41)33-75-26-24-51(70-75)61(63,64)65/h15-26,35-40,45-50H,27-34H2,1-14H3/t39-,40-,45+,46+,47+,48+,49-,50-/m1/s1. The van der Waals surface area contributed by atoms with E-state index in [0.717, 1.165) is 47.3 Å². The highest BCUT2D eigenvalue weighted by Crippen LogP contribution is 2.31. The van der Waals surface area contributed by atoms with Crippen molar-refractivity contribution >= 4 is 47.5 Å². The maximum Gasteiger partial charge on any atom is 0.435 e. The molecule has 0 spiro atoms. The van der Waals surface area contributed by atoms with Crippen LogP contribution in [0.25, 0.3) is 0 Å². The molecule has 88 heavy (non-hydrogen) atoms. The van der Waals surface area contributed by atoms with E-state index in [-0.39, 0.29) is 75.3 Å². The van der Waals surface area contributed by atoms with Crippen LogP contribution in [0.3, 0.4) is 0 Å². The van der Waals surface area contributed by atoms with E-state index < -0.39 is 120 Å². The molecule has 0 N–H and O–H groups in total. The number of esters is 4. The van der Waals surface area contributed by atoms with Gasteiger partial charge in [0.05, 0.1) is 13.1 Å². The molecule has 3 heterocycles. The maximum atomic E-state index is 15.0. The van der Waals surface area contributed by atoms with Crippen molar-refractivity contribution in [3.05, 3.63) is 107 Å². The van der Waals surface area contributed by atoms with Crippen LogP contribution in [0.1, 0.15) is 129 Å². The zero-order valence-electron chi connectivity index (χ0n) is 52.3. The van der Waals surface area contributed by atoms with Gasteiger partial charge in [0.25, 0.3) is 23.6 Å². The summed E-state index contributed by atoms with van der Waals surface area (Å²) in [6.45, 7) is 16.3. The first-order chi connectivity index (χ1) is 41.0. The molecule has 0 radical (unpaired) electrons. The first kappa shape index (κ1) is 71.0. The van der Waals surface area contributed by atoms with Crippen molar-refractivity contribution in [3.8, 4) is 0 Å². The van der Waals surface area contributed by atoms with Gasteiger partial charge in [0.1, 0.15) is 29.9 Å². The summed E-state index contributed by atoms with van der Waals surface area (Å²) >= 11 is 0. The van der Waals surface area contributed by atoms with Gasteiger partial charge in [-0.1, -0.05) is 104 Å². The summed E-state index contributed by atoms with van der Waals surface area (Å²) in [5, 5.41) is 7.41. The highest BCUT2D eigenvalue weighted by molar-refractivity contribution is 5.94. The van der Waals surface area contributed by atoms with Gasteiger partial charge >= 0.3 is 36.2 Å². The minimum absolute atomic E-state index is 0.0310. The molecular weight excluding hydrogens is 1160 g/mol. The van der Waals surface area contributed by atoms with E-state index in [1.54, 1.807) is 79.7 Å². The summed E-state index contributed by atoms with van der Waals surface area (Å²) in [5.74, 6) is -8.91. The number of rotatable bonds is 16. The predicted octanol–water partition coefficient (Wildman–Crippen LogP) is 8.19. The second-order valence-electron chi connectivity index (χ2n) is 24.2. The first-order valence-corrected chi connectivity index (χ1v) is 29.2. The Kier molecular flexibility index (Phi) is 24.5. The molecule has 1 fully saturated rings. The lowest BCUT2D eigenvalue weighted by molar-refractivity contribution is -0.176. The summed E-state index contributed by atoms with van der Waals surface area (Å²) in [5.41, 5.74) is -0.335. The molecular formula is C62H82F6N8O12. The molecule has 0 unspecified atom stereocenters. The summed E-state index contributed by atoms with van der Waals surface area (Å²) in [4.78, 5) is 121. The number of alkyl halides is 6. The quantitative estimate of drug-likeness (QED) is 0.0586. The number of carbonyl (C=O) groups excluding carboxylic acids is 8. The van der Waals surface area contributed by atoms with Gasteiger partial charge in [0, 0.05) is 53.4 Å². The van der Waals surface area contributed by atoms with Crippen LogP contribution in [-0.2, 0) is 95.6 Å². The second-order valence-corrected chi connectivity index (χ2v) is 24.2. The third kappa shape index (κ3) is 19.3. The van der Waals surface area contributed by atoms with E-state index in [9.17, 15) is 64.7 Å². The number of ether oxygens (including phenoxy) is 4. The van der Waals surface area contributed by atoms with Gasteiger partial charge in [-0.3, -0.25) is 28.5 Å². The van der Waals surface area contributed by atoms with Gasteiger partial charge in [-0.05, 0) is 97.6 Å². The molecule has 1 aliphatic heterocycles. The maximum absolute atomic E-state index is 15.0. The molecule has 4 aromatic rings. The van der Waals surface area contributed by atoms with Crippen LogP contribution in [0.4, 0.5) is 26.3 Å². The van der Waals surface area contributed by atoms with Gasteiger partial charge in [-0.25, -0.2) is 19.2 Å². The summed E-state index contributed by atoms with van der Waals surface area (Å²) in [7, 11) is 5.14. The van der Waals surface area contributed by atoms with Crippen molar-refractivity contribution in [2.24, 2.45) is 23.7 Å². The van der Waals surface area contributed by atoms with Crippen LogP contribution in [0.15, 0.2) is 73.1 Å². The fraction of sp³-hybridized carbons (Fsp3) is 0.581. The zero-order valence-corrected chi connectivity index (χ0v) is 52.3. The number of hydrogen-bond acceptors (Lipinski definition) is 14. The lowest BCUT2D eigenvalue weighted by Crippen LogP contribution is -2.55. The van der Waals surface area contributed by atoms with Gasteiger partial charge in [0.2, 0.25) is 0 Å². The van der Waals surface area contributed by atoms with Crippen molar-refractivity contribution in [2.45, 2.75) is 182 Å². The number of benzene rings is 2. The summed E-state index contributed by atoms with van der Waals surface area (Å²) in [6.07, 6.45) is -14.6. The average molecular weight is 1250 g/mol. The Balaban J connectivity index is 1.58. The van der Waals surface area contributed by atoms with Crippen LogP contribution in [0.5, 0.6) is 0 Å². The van der Waals surface area contributed by atoms with Crippen LogP contribution >= 0.6 is 0 Å². The molecule has 20 nitrogen and oxygen atoms in total. The van der Waals surface area contributed by atoms with E-state index in [0.29, 0.717) is 22.3 Å². The third-order valence-electron chi connectivity index (χ3n) is 15.0. The van der Waals surface area contributed by atoms with Crippen LogP contribution in [-0.4, -0.2) is 163 Å². The Bertz CT molecular complexity index is 3040. The van der Waals surface area contributed by atoms with Gasteiger partial charge < -0.3 is 38.5 Å². The largest absolute Gasteiger partial charge is 0.451 e. The predicted molar refractivity (Wildman–Crippen MR) is 308 cm³/mol. The zero-order chi connectivity index (χ0) is 65.9.